The molecule has 43 heavy (non-hydrogen) atoms. The summed E-state index contributed by atoms with van der Waals surface area (Å²) >= 11 is -0.968. The van der Waals surface area contributed by atoms with E-state index >= 15 is 0 Å². The standard InChI is InChI=1S/C36H52O2Si2.2ClH.Zr/c1-11-23-35(3,4)39(7,8)37-33-29(25-27-17-13-15-19-31(27)33)21-22-30-26-28-18-14-16-20-32(28)34(30)38-40(9,10)36(5,6)24-12-2;;;/h13-20,25-26H,11-12,21-24H2,1-10H3;2*1H;/q;;;+2/p-2. The Balaban J connectivity index is 0.00000253. The van der Waals surface area contributed by atoms with Crippen LogP contribution in [0.4, 0.5) is 0 Å². The average molecular weight is 735 g/mol. The summed E-state index contributed by atoms with van der Waals surface area (Å²) in [5.74, 6) is 2.53. The first-order valence-electron chi connectivity index (χ1n) is 16.0. The van der Waals surface area contributed by atoms with Crippen LogP contribution in [0.3, 0.4) is 0 Å². The number of benzene rings is 2. The Morgan fingerprint density at radius 2 is 1.00 bits per heavy atom. The summed E-state index contributed by atoms with van der Waals surface area (Å²) in [6.07, 6.45) is 7.05. The monoisotopic (exact) mass is 732 g/mol. The van der Waals surface area contributed by atoms with Crippen LogP contribution >= 0.6 is 0 Å². The molecule has 7 heteroatoms. The molecule has 0 N–H and O–H groups in total. The second-order valence-electron chi connectivity index (χ2n) is 14.9. The molecule has 0 saturated carbocycles. The summed E-state index contributed by atoms with van der Waals surface area (Å²) in [7, 11) is -4.02. The fraction of sp³-hybridized carbons (Fsp3) is 0.556. The Kier molecular flexibility index (Phi) is 11.7. The first-order valence-corrected chi connectivity index (χ1v) is 24.7. The van der Waals surface area contributed by atoms with Gasteiger partial charge in [0.25, 0.3) is 0 Å². The van der Waals surface area contributed by atoms with E-state index in [1.165, 1.54) is 48.3 Å². The summed E-state index contributed by atoms with van der Waals surface area (Å²) < 4.78 is 15.9. The molecule has 0 unspecified atom stereocenters. The van der Waals surface area contributed by atoms with Crippen LogP contribution in [0.1, 0.15) is 110 Å². The molecule has 0 amide bonds. The molecule has 2 nitrogen and oxygen atoms in total. The van der Waals surface area contributed by atoms with Crippen LogP contribution in [0.25, 0.3) is 11.5 Å². The summed E-state index contributed by atoms with van der Waals surface area (Å²) in [6, 6.07) is 18.5. The second-order valence-corrected chi connectivity index (χ2v) is 27.7. The molecule has 1 saturated heterocycles. The van der Waals surface area contributed by atoms with Gasteiger partial charge in [-0.2, -0.15) is 0 Å². The van der Waals surface area contributed by atoms with Crippen molar-refractivity contribution in [1.29, 1.82) is 0 Å². The van der Waals surface area contributed by atoms with Gasteiger partial charge < -0.3 is 24.8 Å². The van der Waals surface area contributed by atoms with Crippen molar-refractivity contribution in [2.45, 2.75) is 124 Å². The molecule has 0 spiro atoms. The maximum Gasteiger partial charge on any atom is -1.00 e. The number of fused-ring (bicyclic) bond motifs is 6. The molecule has 3 aliphatic rings. The second kappa shape index (κ2) is 13.6. The van der Waals surface area contributed by atoms with E-state index in [4.69, 9.17) is 8.85 Å². The normalized spacial score (nSPS) is 19.5. The van der Waals surface area contributed by atoms with Crippen LogP contribution in [0.5, 0.6) is 0 Å². The molecule has 0 radical (unpaired) electrons. The minimum Gasteiger partial charge on any atom is -1.00 e. The zero-order valence-electron chi connectivity index (χ0n) is 28.1. The summed E-state index contributed by atoms with van der Waals surface area (Å²) in [6.45, 7) is 24.2. The molecule has 2 aromatic rings. The fourth-order valence-electron chi connectivity index (χ4n) is 7.11. The van der Waals surface area contributed by atoms with Gasteiger partial charge in [-0.05, 0) is 0 Å². The van der Waals surface area contributed by atoms with Crippen LogP contribution in [0.2, 0.25) is 36.3 Å². The Bertz CT molecular complexity index is 1280. The van der Waals surface area contributed by atoms with Gasteiger partial charge in [0.15, 0.2) is 0 Å². The maximum atomic E-state index is 7.34. The molecule has 1 heterocycles. The molecule has 0 aromatic heterocycles. The topological polar surface area (TPSA) is 18.5 Å². The van der Waals surface area contributed by atoms with Crippen LogP contribution in [0.15, 0.2) is 59.7 Å². The third-order valence-corrected chi connectivity index (χ3v) is 24.4. The first kappa shape index (κ1) is 36.9. The van der Waals surface area contributed by atoms with Gasteiger partial charge in [0.1, 0.15) is 0 Å². The Morgan fingerprint density at radius 1 is 0.651 bits per heavy atom. The van der Waals surface area contributed by atoms with Gasteiger partial charge in [-0.25, -0.2) is 0 Å². The quantitative estimate of drug-likeness (QED) is 0.305. The van der Waals surface area contributed by atoms with Crippen molar-refractivity contribution >= 4 is 28.2 Å². The average Bonchev–Trinajstić information content (AvgIpc) is 3.24. The van der Waals surface area contributed by atoms with Gasteiger partial charge in [0.05, 0.1) is 0 Å². The van der Waals surface area contributed by atoms with Gasteiger partial charge in [-0.3, -0.25) is 0 Å². The number of rotatable bonds is 10. The van der Waals surface area contributed by atoms with E-state index in [0.29, 0.717) is 7.25 Å². The summed E-state index contributed by atoms with van der Waals surface area (Å²) in [4.78, 5) is 0. The minimum atomic E-state index is -2.01. The molecule has 1 aliphatic heterocycles. The van der Waals surface area contributed by atoms with Crippen LogP contribution in [-0.2, 0) is 32.1 Å². The largest absolute Gasteiger partial charge is 1.00 e. The van der Waals surface area contributed by atoms with E-state index in [9.17, 15) is 0 Å². The SMILES string of the molecule is CCCC(C)(C)[Si](C)(C)OC1=C2CCC3=C(O[Si](C)(C)C(C)(C)CCC)c4ccccc4[C@H]3[Zr+2][C@H]2c2ccccc21.[Cl-].[Cl-]. The molecule has 0 bridgehead atoms. The van der Waals surface area contributed by atoms with Crippen molar-refractivity contribution in [3.63, 3.8) is 0 Å². The zero-order valence-corrected chi connectivity index (χ0v) is 34.1. The minimum absolute atomic E-state index is 0. The van der Waals surface area contributed by atoms with E-state index in [2.05, 4.69) is 116 Å². The third-order valence-electron chi connectivity index (χ3n) is 11.0. The summed E-state index contributed by atoms with van der Waals surface area (Å²) in [5, 5.41) is 0.459. The Hall–Kier alpha value is -0.583. The van der Waals surface area contributed by atoms with E-state index in [1.54, 1.807) is 22.3 Å². The third kappa shape index (κ3) is 6.64. The number of hydrogen-bond acceptors (Lipinski definition) is 2. The van der Waals surface area contributed by atoms with Crippen molar-refractivity contribution in [3.05, 3.63) is 81.9 Å². The Morgan fingerprint density at radius 3 is 1.35 bits per heavy atom. The van der Waals surface area contributed by atoms with Crippen molar-refractivity contribution in [1.82, 2.24) is 0 Å². The summed E-state index contributed by atoms with van der Waals surface area (Å²) in [5.41, 5.74) is 9.13. The molecule has 234 valence electrons. The molecule has 2 atom stereocenters. The first-order chi connectivity index (χ1) is 19.2. The van der Waals surface area contributed by atoms with E-state index in [-0.39, 0.29) is 34.9 Å². The van der Waals surface area contributed by atoms with Gasteiger partial charge in [-0.15, -0.1) is 0 Å². The fourth-order valence-corrected chi connectivity index (χ4v) is 16.1. The molecular weight excluding hydrogens is 683 g/mol. The Labute approximate surface area is 288 Å². The molecular formula is C36H52Cl2O2Si2Zr. The molecule has 1 fully saturated rings. The van der Waals surface area contributed by atoms with Gasteiger partial charge in [-0.1, -0.05) is 0 Å². The van der Waals surface area contributed by atoms with E-state index in [0.717, 1.165) is 12.8 Å². The van der Waals surface area contributed by atoms with Crippen molar-refractivity contribution in [2.24, 2.45) is 0 Å². The predicted molar refractivity (Wildman–Crippen MR) is 176 cm³/mol. The van der Waals surface area contributed by atoms with Crippen molar-refractivity contribution in [3.8, 4) is 0 Å². The van der Waals surface area contributed by atoms with Crippen molar-refractivity contribution in [2.75, 3.05) is 0 Å². The van der Waals surface area contributed by atoms with Gasteiger partial charge in [0, 0.05) is 0 Å². The van der Waals surface area contributed by atoms with Crippen LogP contribution < -0.4 is 24.8 Å². The molecule has 2 aromatic carbocycles. The maximum absolute atomic E-state index is 7.34. The predicted octanol–water partition coefficient (Wildman–Crippen LogP) is 5.41. The smallest absolute Gasteiger partial charge is 1.00 e. The van der Waals surface area contributed by atoms with Gasteiger partial charge >= 0.3 is 266 Å². The van der Waals surface area contributed by atoms with Gasteiger partial charge in [0.2, 0.25) is 0 Å². The number of halogens is 2. The number of hydrogen-bond donors (Lipinski definition) is 0. The van der Waals surface area contributed by atoms with Crippen LogP contribution in [0, 0.1) is 0 Å². The zero-order chi connectivity index (χ0) is 29.8. The van der Waals surface area contributed by atoms with E-state index < -0.39 is 39.9 Å². The van der Waals surface area contributed by atoms with E-state index in [1.807, 2.05) is 0 Å². The molecule has 2 aliphatic carbocycles. The number of allylic oxidation sites excluding steroid dienone is 2. The molecule has 5 rings (SSSR count). The van der Waals surface area contributed by atoms with Crippen molar-refractivity contribution < 1.29 is 56.9 Å². The van der Waals surface area contributed by atoms with Crippen LogP contribution in [-0.4, -0.2) is 16.6 Å².